The van der Waals surface area contributed by atoms with Crippen LogP contribution in [0.1, 0.15) is 38.4 Å². The van der Waals surface area contributed by atoms with Crippen molar-refractivity contribution in [3.8, 4) is 11.6 Å². The van der Waals surface area contributed by atoms with E-state index in [1.54, 1.807) is 12.4 Å². The van der Waals surface area contributed by atoms with Crippen LogP contribution in [-0.4, -0.2) is 14.8 Å². The van der Waals surface area contributed by atoms with Gasteiger partial charge in [0.1, 0.15) is 0 Å². The number of nitrogens with zero attached hydrogens (tertiary/aromatic N) is 3. The van der Waals surface area contributed by atoms with E-state index in [0.29, 0.717) is 17.7 Å². The number of hydrogen-bond acceptors (Lipinski definition) is 4. The first-order chi connectivity index (χ1) is 8.56. The molecule has 0 fully saturated rings. The second kappa shape index (κ2) is 5.18. The minimum atomic E-state index is -0.0336. The van der Waals surface area contributed by atoms with Gasteiger partial charge in [-0.25, -0.2) is 4.98 Å². The summed E-state index contributed by atoms with van der Waals surface area (Å²) in [4.78, 5) is 4.16. The van der Waals surface area contributed by atoms with Crippen molar-refractivity contribution in [3.05, 3.63) is 36.3 Å². The van der Waals surface area contributed by atoms with E-state index in [-0.39, 0.29) is 6.04 Å². The van der Waals surface area contributed by atoms with Crippen molar-refractivity contribution in [2.24, 2.45) is 5.73 Å². The molecule has 0 amide bonds. The van der Waals surface area contributed by atoms with Gasteiger partial charge in [0.05, 0.1) is 12.4 Å². The largest absolute Gasteiger partial charge is 0.436 e. The predicted molar refractivity (Wildman–Crippen MR) is 69.5 cm³/mol. The molecule has 2 aromatic rings. The standard InChI is InChI=1S/C13H18N4O/c1-9(2)17-8-12(7-16-17)18-13-6-11(10(3)14)4-5-15-13/h4-10H,14H2,1-3H3. The monoisotopic (exact) mass is 246 g/mol. The van der Waals surface area contributed by atoms with Crippen molar-refractivity contribution in [2.45, 2.75) is 32.9 Å². The van der Waals surface area contributed by atoms with Crippen LogP contribution in [0.25, 0.3) is 0 Å². The third kappa shape index (κ3) is 2.87. The van der Waals surface area contributed by atoms with Gasteiger partial charge in [-0.3, -0.25) is 4.68 Å². The fourth-order valence-electron chi connectivity index (χ4n) is 1.54. The molecule has 0 saturated heterocycles. The molecule has 0 spiro atoms. The average molecular weight is 246 g/mol. The van der Waals surface area contributed by atoms with Crippen LogP contribution in [0.3, 0.4) is 0 Å². The lowest BCUT2D eigenvalue weighted by molar-refractivity contribution is 0.457. The molecular weight excluding hydrogens is 228 g/mol. The number of hydrogen-bond donors (Lipinski definition) is 1. The minimum absolute atomic E-state index is 0.0336. The van der Waals surface area contributed by atoms with Gasteiger partial charge in [-0.05, 0) is 32.4 Å². The first-order valence-corrected chi connectivity index (χ1v) is 6.00. The summed E-state index contributed by atoms with van der Waals surface area (Å²) in [6.45, 7) is 6.05. The van der Waals surface area contributed by atoms with Crippen LogP contribution < -0.4 is 10.5 Å². The van der Waals surface area contributed by atoms with E-state index in [9.17, 15) is 0 Å². The first-order valence-electron chi connectivity index (χ1n) is 6.00. The number of nitrogens with two attached hydrogens (primary N) is 1. The molecule has 0 saturated carbocycles. The second-order valence-electron chi connectivity index (χ2n) is 4.57. The van der Waals surface area contributed by atoms with Crippen LogP contribution in [0.15, 0.2) is 30.7 Å². The zero-order valence-electron chi connectivity index (χ0n) is 10.9. The van der Waals surface area contributed by atoms with E-state index in [0.717, 1.165) is 5.56 Å². The fourth-order valence-corrected chi connectivity index (χ4v) is 1.54. The van der Waals surface area contributed by atoms with Crippen molar-refractivity contribution in [3.63, 3.8) is 0 Å². The Hall–Kier alpha value is -1.88. The van der Waals surface area contributed by atoms with E-state index >= 15 is 0 Å². The van der Waals surface area contributed by atoms with E-state index < -0.39 is 0 Å². The molecule has 2 heterocycles. The van der Waals surface area contributed by atoms with Crippen molar-refractivity contribution >= 4 is 0 Å². The lowest BCUT2D eigenvalue weighted by Crippen LogP contribution is -2.05. The highest BCUT2D eigenvalue weighted by Gasteiger charge is 2.06. The molecule has 0 aliphatic heterocycles. The summed E-state index contributed by atoms with van der Waals surface area (Å²) in [5.74, 6) is 1.21. The van der Waals surface area contributed by atoms with E-state index in [1.165, 1.54) is 0 Å². The third-order valence-corrected chi connectivity index (χ3v) is 2.61. The Bertz CT molecular complexity index is 519. The molecule has 0 aliphatic carbocycles. The van der Waals surface area contributed by atoms with E-state index in [2.05, 4.69) is 23.9 Å². The number of pyridine rings is 1. The van der Waals surface area contributed by atoms with Crippen molar-refractivity contribution in [1.82, 2.24) is 14.8 Å². The molecular formula is C13H18N4O. The normalized spacial score (nSPS) is 12.7. The molecule has 2 aromatic heterocycles. The summed E-state index contributed by atoms with van der Waals surface area (Å²) in [5, 5.41) is 4.21. The molecule has 0 aromatic carbocycles. The lowest BCUT2D eigenvalue weighted by Gasteiger charge is -2.07. The second-order valence-corrected chi connectivity index (χ2v) is 4.57. The summed E-state index contributed by atoms with van der Waals surface area (Å²) in [7, 11) is 0. The number of rotatable bonds is 4. The summed E-state index contributed by atoms with van der Waals surface area (Å²) in [6, 6.07) is 4.01. The molecule has 0 aliphatic rings. The average Bonchev–Trinajstić information content (AvgIpc) is 2.78. The van der Waals surface area contributed by atoms with Crippen LogP contribution in [-0.2, 0) is 0 Å². The molecule has 5 nitrogen and oxygen atoms in total. The number of ether oxygens (including phenoxy) is 1. The van der Waals surface area contributed by atoms with Gasteiger partial charge in [0.2, 0.25) is 5.88 Å². The molecule has 1 atom stereocenters. The highest BCUT2D eigenvalue weighted by Crippen LogP contribution is 2.22. The molecule has 18 heavy (non-hydrogen) atoms. The minimum Gasteiger partial charge on any atom is -0.436 e. The maximum absolute atomic E-state index is 5.82. The Morgan fingerprint density at radius 3 is 2.72 bits per heavy atom. The van der Waals surface area contributed by atoms with Gasteiger partial charge in [-0.2, -0.15) is 5.10 Å². The van der Waals surface area contributed by atoms with Crippen LogP contribution in [0.4, 0.5) is 0 Å². The highest BCUT2D eigenvalue weighted by atomic mass is 16.5. The lowest BCUT2D eigenvalue weighted by atomic mass is 10.1. The summed E-state index contributed by atoms with van der Waals surface area (Å²) >= 11 is 0. The SMILES string of the molecule is CC(N)c1ccnc(Oc2cnn(C(C)C)c2)c1. The molecule has 0 radical (unpaired) electrons. The molecule has 0 bridgehead atoms. The van der Waals surface area contributed by atoms with E-state index in [1.807, 2.05) is 29.9 Å². The first kappa shape index (κ1) is 12.6. The fraction of sp³-hybridized carbons (Fsp3) is 0.385. The number of aromatic nitrogens is 3. The van der Waals surface area contributed by atoms with Gasteiger partial charge in [0.25, 0.3) is 0 Å². The van der Waals surface area contributed by atoms with Crippen LogP contribution in [0, 0.1) is 0 Å². The molecule has 2 N–H and O–H groups in total. The van der Waals surface area contributed by atoms with Gasteiger partial charge in [-0.1, -0.05) is 0 Å². The summed E-state index contributed by atoms with van der Waals surface area (Å²) in [5.41, 5.74) is 6.82. The summed E-state index contributed by atoms with van der Waals surface area (Å²) < 4.78 is 7.49. The summed E-state index contributed by atoms with van der Waals surface area (Å²) in [6.07, 6.45) is 5.23. The van der Waals surface area contributed by atoms with Crippen LogP contribution >= 0.6 is 0 Å². The third-order valence-electron chi connectivity index (χ3n) is 2.61. The highest BCUT2D eigenvalue weighted by molar-refractivity contribution is 5.27. The van der Waals surface area contributed by atoms with Crippen molar-refractivity contribution in [2.75, 3.05) is 0 Å². The Morgan fingerprint density at radius 2 is 2.11 bits per heavy atom. The Balaban J connectivity index is 2.15. The van der Waals surface area contributed by atoms with Crippen LogP contribution in [0.2, 0.25) is 0 Å². The Morgan fingerprint density at radius 1 is 1.33 bits per heavy atom. The topological polar surface area (TPSA) is 66.0 Å². The van der Waals surface area contributed by atoms with Gasteiger partial charge in [0.15, 0.2) is 5.75 Å². The van der Waals surface area contributed by atoms with Crippen molar-refractivity contribution < 1.29 is 4.74 Å². The predicted octanol–water partition coefficient (Wildman–Crippen LogP) is 2.67. The quantitative estimate of drug-likeness (QED) is 0.900. The molecule has 1 unspecified atom stereocenters. The smallest absolute Gasteiger partial charge is 0.219 e. The Kier molecular flexibility index (Phi) is 3.62. The maximum Gasteiger partial charge on any atom is 0.219 e. The van der Waals surface area contributed by atoms with Crippen LogP contribution in [0.5, 0.6) is 11.6 Å². The molecule has 5 heteroatoms. The Labute approximate surface area is 107 Å². The van der Waals surface area contributed by atoms with Gasteiger partial charge >= 0.3 is 0 Å². The zero-order valence-corrected chi connectivity index (χ0v) is 10.9. The van der Waals surface area contributed by atoms with Gasteiger partial charge in [0, 0.05) is 24.3 Å². The van der Waals surface area contributed by atoms with Crippen molar-refractivity contribution in [1.29, 1.82) is 0 Å². The zero-order chi connectivity index (χ0) is 13.1. The molecule has 2 rings (SSSR count). The van der Waals surface area contributed by atoms with E-state index in [4.69, 9.17) is 10.5 Å². The molecule has 96 valence electrons. The maximum atomic E-state index is 5.82. The van der Waals surface area contributed by atoms with Gasteiger partial charge in [-0.15, -0.1) is 0 Å². The van der Waals surface area contributed by atoms with Gasteiger partial charge < -0.3 is 10.5 Å².